The van der Waals surface area contributed by atoms with Crippen LogP contribution in [0.1, 0.15) is 4.88 Å². The second kappa shape index (κ2) is 3.79. The quantitative estimate of drug-likeness (QED) is 0.841. The molecule has 2 N–H and O–H groups in total. The predicted octanol–water partition coefficient (Wildman–Crippen LogP) is 0.594. The lowest BCUT2D eigenvalue weighted by Gasteiger charge is -1.92. The van der Waals surface area contributed by atoms with Gasteiger partial charge in [0.15, 0.2) is 0 Å². The van der Waals surface area contributed by atoms with E-state index in [-0.39, 0.29) is 10.9 Å². The number of thiazole rings is 1. The minimum atomic E-state index is -3.56. The van der Waals surface area contributed by atoms with Crippen molar-refractivity contribution in [1.82, 2.24) is 4.98 Å². The van der Waals surface area contributed by atoms with Crippen LogP contribution >= 0.6 is 22.9 Å². The number of nitrogens with two attached hydrogens (primary N) is 1. The van der Waals surface area contributed by atoms with Gasteiger partial charge in [-0.15, -0.1) is 0 Å². The van der Waals surface area contributed by atoms with Crippen molar-refractivity contribution in [3.8, 4) is 5.19 Å². The monoisotopic (exact) mass is 242 g/mol. The fourth-order valence-electron chi connectivity index (χ4n) is 0.672. The Morgan fingerprint density at radius 2 is 2.31 bits per heavy atom. The summed E-state index contributed by atoms with van der Waals surface area (Å²) in [6.45, 7) is 0. The maximum Gasteiger partial charge on any atom is 0.274 e. The molecule has 0 bridgehead atoms. The molecule has 0 fully saturated rings. The molecule has 13 heavy (non-hydrogen) atoms. The molecule has 0 saturated heterocycles. The van der Waals surface area contributed by atoms with E-state index in [1.807, 2.05) is 0 Å². The molecular formula is C5H7ClN2O3S2. The van der Waals surface area contributed by atoms with Crippen LogP contribution in [0.25, 0.3) is 0 Å². The van der Waals surface area contributed by atoms with Crippen molar-refractivity contribution in [1.29, 1.82) is 0 Å². The zero-order valence-electron chi connectivity index (χ0n) is 6.65. The molecule has 0 saturated carbocycles. The number of primary sulfonamides is 1. The fourth-order valence-corrected chi connectivity index (χ4v) is 2.85. The number of rotatable bonds is 3. The zero-order chi connectivity index (χ0) is 10.1. The second-order valence-corrected chi connectivity index (χ2v) is 5.22. The lowest BCUT2D eigenvalue weighted by Crippen LogP contribution is -2.13. The van der Waals surface area contributed by atoms with Crippen molar-refractivity contribution in [2.45, 2.75) is 5.75 Å². The summed E-state index contributed by atoms with van der Waals surface area (Å²) in [5.74, 6) is -0.313. The number of aromatic nitrogens is 1. The second-order valence-electron chi connectivity index (χ2n) is 2.21. The Kier molecular flexibility index (Phi) is 3.12. The Hall–Kier alpha value is -0.370. The molecule has 74 valence electrons. The van der Waals surface area contributed by atoms with E-state index in [1.54, 1.807) is 0 Å². The molecule has 8 heteroatoms. The van der Waals surface area contributed by atoms with Crippen LogP contribution in [0.5, 0.6) is 5.19 Å². The van der Waals surface area contributed by atoms with Crippen LogP contribution in [0.4, 0.5) is 0 Å². The summed E-state index contributed by atoms with van der Waals surface area (Å²) in [6, 6.07) is 0. The van der Waals surface area contributed by atoms with E-state index in [2.05, 4.69) is 4.98 Å². The summed E-state index contributed by atoms with van der Waals surface area (Å²) < 4.78 is 26.2. The van der Waals surface area contributed by atoms with Gasteiger partial charge in [0.25, 0.3) is 5.19 Å². The highest BCUT2D eigenvalue weighted by molar-refractivity contribution is 7.88. The number of hydrogen-bond acceptors (Lipinski definition) is 5. The third kappa shape index (κ3) is 3.11. The summed E-state index contributed by atoms with van der Waals surface area (Å²) in [6.07, 6.45) is 0. The lowest BCUT2D eigenvalue weighted by molar-refractivity contribution is 0.412. The maximum absolute atomic E-state index is 10.7. The van der Waals surface area contributed by atoms with Gasteiger partial charge in [-0.1, -0.05) is 22.9 Å². The van der Waals surface area contributed by atoms with Crippen molar-refractivity contribution in [2.24, 2.45) is 5.14 Å². The predicted molar refractivity (Wildman–Crippen MR) is 50.5 cm³/mol. The molecule has 0 unspecified atom stereocenters. The molecule has 1 heterocycles. The van der Waals surface area contributed by atoms with E-state index < -0.39 is 10.0 Å². The van der Waals surface area contributed by atoms with Gasteiger partial charge >= 0.3 is 0 Å². The van der Waals surface area contributed by atoms with E-state index in [1.165, 1.54) is 7.11 Å². The fraction of sp³-hybridized carbons (Fsp3) is 0.400. The van der Waals surface area contributed by atoms with Gasteiger partial charge in [0.1, 0.15) is 10.9 Å². The summed E-state index contributed by atoms with van der Waals surface area (Å²) in [5.41, 5.74) is 0. The molecule has 0 aliphatic carbocycles. The van der Waals surface area contributed by atoms with Gasteiger partial charge < -0.3 is 4.74 Å². The number of methoxy groups -OCH3 is 1. The Balaban J connectivity index is 2.95. The number of sulfonamides is 1. The average Bonchev–Trinajstić information content (AvgIpc) is 2.29. The number of hydrogen-bond donors (Lipinski definition) is 1. The highest BCUT2D eigenvalue weighted by Gasteiger charge is 2.14. The van der Waals surface area contributed by atoms with Gasteiger partial charge in [-0.05, 0) is 0 Å². The molecule has 0 aliphatic heterocycles. The zero-order valence-corrected chi connectivity index (χ0v) is 9.04. The van der Waals surface area contributed by atoms with Crippen LogP contribution in [-0.4, -0.2) is 20.5 Å². The van der Waals surface area contributed by atoms with Crippen molar-refractivity contribution in [2.75, 3.05) is 7.11 Å². The molecule has 0 atom stereocenters. The topological polar surface area (TPSA) is 82.3 Å². The first kappa shape index (κ1) is 10.7. The van der Waals surface area contributed by atoms with Crippen LogP contribution in [0.2, 0.25) is 5.15 Å². The Morgan fingerprint density at radius 1 is 1.69 bits per heavy atom. The van der Waals surface area contributed by atoms with Crippen LogP contribution in [0.3, 0.4) is 0 Å². The summed E-state index contributed by atoms with van der Waals surface area (Å²) >= 11 is 6.69. The highest BCUT2D eigenvalue weighted by Crippen LogP contribution is 2.29. The standard InChI is InChI=1S/C5H7ClN2O3S2/c1-11-5-8-4(6)3(12-5)2-13(7,9)10/h2H2,1H3,(H2,7,9,10). The van der Waals surface area contributed by atoms with Crippen LogP contribution < -0.4 is 9.88 Å². The first-order chi connectivity index (χ1) is 5.92. The molecule has 1 aromatic heterocycles. The Morgan fingerprint density at radius 3 is 2.69 bits per heavy atom. The van der Waals surface area contributed by atoms with Crippen molar-refractivity contribution in [3.63, 3.8) is 0 Å². The minimum absolute atomic E-state index is 0.121. The van der Waals surface area contributed by atoms with Gasteiger partial charge in [0.2, 0.25) is 10.0 Å². The molecule has 0 spiro atoms. The number of nitrogens with zero attached hydrogens (tertiary/aromatic N) is 1. The molecule has 0 radical (unpaired) electrons. The highest BCUT2D eigenvalue weighted by atomic mass is 35.5. The van der Waals surface area contributed by atoms with Gasteiger partial charge in [-0.25, -0.2) is 13.6 Å². The third-order valence-corrected chi connectivity index (χ3v) is 3.45. The summed E-state index contributed by atoms with van der Waals surface area (Å²) in [4.78, 5) is 4.14. The lowest BCUT2D eigenvalue weighted by atomic mass is 10.6. The van der Waals surface area contributed by atoms with Gasteiger partial charge in [-0.3, -0.25) is 0 Å². The minimum Gasteiger partial charge on any atom is -0.473 e. The SMILES string of the molecule is COc1nc(Cl)c(CS(N)(=O)=O)s1. The maximum atomic E-state index is 10.7. The smallest absolute Gasteiger partial charge is 0.274 e. The Labute approximate surface area is 84.5 Å². The largest absolute Gasteiger partial charge is 0.473 e. The summed E-state index contributed by atoms with van der Waals surface area (Å²) in [5, 5.41) is 5.28. The van der Waals surface area contributed by atoms with Crippen LogP contribution in [0, 0.1) is 0 Å². The molecule has 1 aromatic rings. The van der Waals surface area contributed by atoms with Crippen LogP contribution in [-0.2, 0) is 15.8 Å². The van der Waals surface area contributed by atoms with Gasteiger partial charge in [0.05, 0.1) is 12.0 Å². The van der Waals surface area contributed by atoms with E-state index >= 15 is 0 Å². The van der Waals surface area contributed by atoms with Gasteiger partial charge in [0, 0.05) is 0 Å². The first-order valence-corrected chi connectivity index (χ1v) is 6.03. The molecule has 0 aromatic carbocycles. The van der Waals surface area contributed by atoms with Gasteiger partial charge in [-0.2, -0.15) is 4.98 Å². The first-order valence-electron chi connectivity index (χ1n) is 3.12. The molecule has 5 nitrogen and oxygen atoms in total. The molecule has 0 aliphatic rings. The summed E-state index contributed by atoms with van der Waals surface area (Å²) in [7, 11) is -2.14. The number of halogens is 1. The van der Waals surface area contributed by atoms with Crippen molar-refractivity contribution in [3.05, 3.63) is 10.0 Å². The van der Waals surface area contributed by atoms with E-state index in [4.69, 9.17) is 21.5 Å². The number of ether oxygens (including phenoxy) is 1. The Bertz CT molecular complexity index is 400. The normalized spacial score (nSPS) is 11.6. The molecular weight excluding hydrogens is 236 g/mol. The average molecular weight is 243 g/mol. The van der Waals surface area contributed by atoms with Crippen molar-refractivity contribution >= 4 is 33.0 Å². The van der Waals surface area contributed by atoms with Crippen LogP contribution in [0.15, 0.2) is 0 Å². The van der Waals surface area contributed by atoms with E-state index in [0.717, 1.165) is 11.3 Å². The van der Waals surface area contributed by atoms with Crippen molar-refractivity contribution < 1.29 is 13.2 Å². The van der Waals surface area contributed by atoms with E-state index in [9.17, 15) is 8.42 Å². The molecule has 1 rings (SSSR count). The third-order valence-electron chi connectivity index (χ3n) is 1.14. The molecule has 0 amide bonds. The van der Waals surface area contributed by atoms with E-state index in [0.29, 0.717) is 10.1 Å².